The number of methoxy groups -OCH3 is 1. The minimum Gasteiger partial charge on any atom is -0.497 e. The van der Waals surface area contributed by atoms with Gasteiger partial charge in [0.2, 0.25) is 0 Å². The molecular formula is C22H18O. The average Bonchev–Trinajstić information content (AvgIpc) is 2.60. The Labute approximate surface area is 136 Å². The van der Waals surface area contributed by atoms with Crippen LogP contribution in [0, 0.1) is 6.92 Å². The minimum atomic E-state index is 0.899. The second-order valence-electron chi connectivity index (χ2n) is 5.87. The molecule has 0 saturated heterocycles. The lowest BCUT2D eigenvalue weighted by Crippen LogP contribution is -1.90. The van der Waals surface area contributed by atoms with E-state index in [4.69, 9.17) is 4.74 Å². The van der Waals surface area contributed by atoms with Gasteiger partial charge in [0.1, 0.15) is 5.75 Å². The van der Waals surface area contributed by atoms with Crippen LogP contribution in [0.15, 0.2) is 72.8 Å². The van der Waals surface area contributed by atoms with Crippen LogP contribution in [-0.4, -0.2) is 7.11 Å². The van der Waals surface area contributed by atoms with Gasteiger partial charge in [0.25, 0.3) is 0 Å². The Hall–Kier alpha value is -2.80. The first kappa shape index (κ1) is 13.8. The van der Waals surface area contributed by atoms with E-state index in [-0.39, 0.29) is 0 Å². The van der Waals surface area contributed by atoms with Crippen molar-refractivity contribution in [1.82, 2.24) is 0 Å². The first-order chi connectivity index (χ1) is 11.3. The van der Waals surface area contributed by atoms with Crippen LogP contribution >= 0.6 is 0 Å². The molecule has 0 aliphatic heterocycles. The van der Waals surface area contributed by atoms with Crippen LogP contribution in [0.3, 0.4) is 0 Å². The summed E-state index contributed by atoms with van der Waals surface area (Å²) in [7, 11) is 1.71. The molecule has 0 aliphatic carbocycles. The van der Waals surface area contributed by atoms with Gasteiger partial charge in [0.15, 0.2) is 0 Å². The fourth-order valence-electron chi connectivity index (χ4n) is 3.35. The lowest BCUT2D eigenvalue weighted by molar-refractivity contribution is 0.414. The van der Waals surface area contributed by atoms with E-state index >= 15 is 0 Å². The van der Waals surface area contributed by atoms with Crippen molar-refractivity contribution in [1.29, 1.82) is 0 Å². The van der Waals surface area contributed by atoms with E-state index in [9.17, 15) is 0 Å². The Morgan fingerprint density at radius 3 is 1.87 bits per heavy atom. The summed E-state index contributed by atoms with van der Waals surface area (Å²) >= 11 is 0. The number of ether oxygens (including phenoxy) is 1. The maximum Gasteiger partial charge on any atom is 0.119 e. The SMILES string of the molecule is COc1ccc(-c2c3ccccc3cc3ccccc23)c(C)c1. The van der Waals surface area contributed by atoms with Crippen molar-refractivity contribution < 1.29 is 4.74 Å². The van der Waals surface area contributed by atoms with Crippen LogP contribution < -0.4 is 4.74 Å². The third-order valence-corrected chi connectivity index (χ3v) is 4.47. The Morgan fingerprint density at radius 1 is 0.696 bits per heavy atom. The summed E-state index contributed by atoms with van der Waals surface area (Å²) < 4.78 is 5.36. The zero-order chi connectivity index (χ0) is 15.8. The molecule has 0 spiro atoms. The fraction of sp³-hybridized carbons (Fsp3) is 0.0909. The quantitative estimate of drug-likeness (QED) is 0.414. The van der Waals surface area contributed by atoms with Crippen LogP contribution in [-0.2, 0) is 0 Å². The van der Waals surface area contributed by atoms with Crippen molar-refractivity contribution in [3.8, 4) is 16.9 Å². The maximum absolute atomic E-state index is 5.36. The molecule has 4 aromatic rings. The van der Waals surface area contributed by atoms with Crippen molar-refractivity contribution in [2.24, 2.45) is 0 Å². The van der Waals surface area contributed by atoms with E-state index in [2.05, 4.69) is 73.7 Å². The monoisotopic (exact) mass is 298 g/mol. The summed E-state index contributed by atoms with van der Waals surface area (Å²) in [6.07, 6.45) is 0. The van der Waals surface area contributed by atoms with E-state index in [0.717, 1.165) is 5.75 Å². The summed E-state index contributed by atoms with van der Waals surface area (Å²) in [4.78, 5) is 0. The van der Waals surface area contributed by atoms with Crippen LogP contribution in [0.5, 0.6) is 5.75 Å². The second kappa shape index (κ2) is 5.44. The lowest BCUT2D eigenvalue weighted by atomic mass is 9.90. The molecule has 0 N–H and O–H groups in total. The molecule has 0 aromatic heterocycles. The average molecular weight is 298 g/mol. The molecule has 4 aromatic carbocycles. The smallest absolute Gasteiger partial charge is 0.119 e. The predicted molar refractivity (Wildman–Crippen MR) is 98.2 cm³/mol. The minimum absolute atomic E-state index is 0.899. The van der Waals surface area contributed by atoms with Crippen molar-refractivity contribution in [3.63, 3.8) is 0 Å². The summed E-state index contributed by atoms with van der Waals surface area (Å²) in [5, 5.41) is 5.13. The highest BCUT2D eigenvalue weighted by Crippen LogP contribution is 2.38. The van der Waals surface area contributed by atoms with E-state index in [0.29, 0.717) is 0 Å². The van der Waals surface area contributed by atoms with Gasteiger partial charge in [-0.05, 0) is 63.4 Å². The van der Waals surface area contributed by atoms with E-state index < -0.39 is 0 Å². The highest BCUT2D eigenvalue weighted by molar-refractivity contribution is 6.13. The summed E-state index contributed by atoms with van der Waals surface area (Å²) in [6.45, 7) is 2.15. The summed E-state index contributed by atoms with van der Waals surface area (Å²) in [6, 6.07) is 25.8. The van der Waals surface area contributed by atoms with Crippen molar-refractivity contribution in [2.45, 2.75) is 6.92 Å². The van der Waals surface area contributed by atoms with E-state index in [1.165, 1.54) is 38.2 Å². The number of hydrogen-bond donors (Lipinski definition) is 0. The molecule has 0 heterocycles. The second-order valence-corrected chi connectivity index (χ2v) is 5.87. The number of benzene rings is 4. The van der Waals surface area contributed by atoms with Gasteiger partial charge in [-0.15, -0.1) is 0 Å². The van der Waals surface area contributed by atoms with Crippen LogP contribution in [0.4, 0.5) is 0 Å². The van der Waals surface area contributed by atoms with Gasteiger partial charge in [-0.2, -0.15) is 0 Å². The molecule has 0 atom stereocenters. The molecule has 23 heavy (non-hydrogen) atoms. The standard InChI is InChI=1S/C22H18O/c1-15-13-18(23-2)11-12-19(15)22-20-9-5-3-7-16(20)14-17-8-4-6-10-21(17)22/h3-14H,1-2H3. The van der Waals surface area contributed by atoms with Gasteiger partial charge in [-0.25, -0.2) is 0 Å². The maximum atomic E-state index is 5.36. The highest BCUT2D eigenvalue weighted by atomic mass is 16.5. The van der Waals surface area contributed by atoms with Gasteiger partial charge in [0, 0.05) is 0 Å². The number of hydrogen-bond acceptors (Lipinski definition) is 1. The number of rotatable bonds is 2. The molecule has 112 valence electrons. The lowest BCUT2D eigenvalue weighted by Gasteiger charge is -2.15. The Balaban J connectivity index is 2.15. The van der Waals surface area contributed by atoms with Crippen molar-refractivity contribution in [3.05, 3.63) is 78.4 Å². The van der Waals surface area contributed by atoms with E-state index in [1.807, 2.05) is 6.07 Å². The Kier molecular flexibility index (Phi) is 3.27. The largest absolute Gasteiger partial charge is 0.497 e. The van der Waals surface area contributed by atoms with Crippen molar-refractivity contribution in [2.75, 3.05) is 7.11 Å². The van der Waals surface area contributed by atoms with Crippen LogP contribution in [0.2, 0.25) is 0 Å². The molecule has 0 aliphatic rings. The summed E-state index contributed by atoms with van der Waals surface area (Å²) in [5.74, 6) is 0.899. The molecule has 1 heteroatoms. The first-order valence-corrected chi connectivity index (χ1v) is 7.83. The fourth-order valence-corrected chi connectivity index (χ4v) is 3.35. The molecule has 1 nitrogen and oxygen atoms in total. The molecule has 0 saturated carbocycles. The Morgan fingerprint density at radius 2 is 1.30 bits per heavy atom. The van der Waals surface area contributed by atoms with Gasteiger partial charge < -0.3 is 4.74 Å². The molecule has 0 unspecified atom stereocenters. The van der Waals surface area contributed by atoms with Crippen LogP contribution in [0.1, 0.15) is 5.56 Å². The zero-order valence-corrected chi connectivity index (χ0v) is 13.3. The zero-order valence-electron chi connectivity index (χ0n) is 13.3. The molecule has 4 rings (SSSR count). The number of fused-ring (bicyclic) bond motifs is 2. The first-order valence-electron chi connectivity index (χ1n) is 7.83. The third-order valence-electron chi connectivity index (χ3n) is 4.47. The summed E-state index contributed by atoms with van der Waals surface area (Å²) in [5.41, 5.74) is 3.79. The topological polar surface area (TPSA) is 9.23 Å². The normalized spacial score (nSPS) is 11.0. The molecular weight excluding hydrogens is 280 g/mol. The molecule has 0 amide bonds. The highest BCUT2D eigenvalue weighted by Gasteiger charge is 2.12. The van der Waals surface area contributed by atoms with Gasteiger partial charge in [-0.1, -0.05) is 54.6 Å². The molecule has 0 fully saturated rings. The van der Waals surface area contributed by atoms with Crippen LogP contribution in [0.25, 0.3) is 32.7 Å². The van der Waals surface area contributed by atoms with Gasteiger partial charge >= 0.3 is 0 Å². The van der Waals surface area contributed by atoms with Crippen molar-refractivity contribution >= 4 is 21.5 Å². The predicted octanol–water partition coefficient (Wildman–Crippen LogP) is 5.98. The van der Waals surface area contributed by atoms with E-state index in [1.54, 1.807) is 7.11 Å². The molecule has 0 radical (unpaired) electrons. The van der Waals surface area contributed by atoms with Gasteiger partial charge in [0.05, 0.1) is 7.11 Å². The van der Waals surface area contributed by atoms with Gasteiger partial charge in [-0.3, -0.25) is 0 Å². The molecule has 0 bridgehead atoms. The number of aryl methyl sites for hydroxylation is 1. The Bertz CT molecular complexity index is 961. The third kappa shape index (κ3) is 2.25.